The molecule has 2 heterocycles. The van der Waals surface area contributed by atoms with E-state index in [1.165, 1.54) is 11.3 Å². The van der Waals surface area contributed by atoms with Crippen molar-refractivity contribution in [1.29, 1.82) is 0 Å². The average molecular weight is 279 g/mol. The van der Waals surface area contributed by atoms with Crippen LogP contribution in [0, 0.1) is 19.8 Å². The fraction of sp³-hybridized carbons (Fsp3) is 0.733. The summed E-state index contributed by atoms with van der Waals surface area (Å²) in [5, 5.41) is 4.46. The Bertz CT molecular complexity index is 482. The molecule has 5 nitrogen and oxygen atoms in total. The van der Waals surface area contributed by atoms with Crippen molar-refractivity contribution in [2.24, 2.45) is 13.0 Å². The number of nitrogens with zero attached hydrogens (tertiary/aromatic N) is 3. The Morgan fingerprint density at radius 2 is 2.20 bits per heavy atom. The summed E-state index contributed by atoms with van der Waals surface area (Å²) >= 11 is 0. The van der Waals surface area contributed by atoms with E-state index in [1.54, 1.807) is 0 Å². The zero-order valence-electron chi connectivity index (χ0n) is 13.0. The van der Waals surface area contributed by atoms with Crippen molar-refractivity contribution in [3.63, 3.8) is 0 Å². The van der Waals surface area contributed by atoms with E-state index in [1.807, 2.05) is 18.7 Å². The fourth-order valence-corrected chi connectivity index (χ4v) is 2.92. The van der Waals surface area contributed by atoms with Gasteiger partial charge in [-0.2, -0.15) is 5.10 Å². The van der Waals surface area contributed by atoms with Crippen molar-refractivity contribution in [3.05, 3.63) is 17.0 Å². The summed E-state index contributed by atoms with van der Waals surface area (Å²) in [6.45, 7) is 9.20. The SMILES string of the molecule is CCOC(=O)[C@H]1CCCN(Cc2c(C)nn(C)c2C)C1. The van der Waals surface area contributed by atoms with E-state index < -0.39 is 0 Å². The van der Waals surface area contributed by atoms with Gasteiger partial charge in [0.2, 0.25) is 0 Å². The zero-order valence-corrected chi connectivity index (χ0v) is 13.0. The van der Waals surface area contributed by atoms with Crippen molar-refractivity contribution in [2.45, 2.75) is 40.2 Å². The third-order valence-electron chi connectivity index (χ3n) is 4.17. The standard InChI is InChI=1S/C15H25N3O2/c1-5-20-15(19)13-7-6-8-18(9-13)10-14-11(2)16-17(4)12(14)3/h13H,5-10H2,1-4H3/t13-/m0/s1. The smallest absolute Gasteiger partial charge is 0.310 e. The molecule has 5 heteroatoms. The Hall–Kier alpha value is -1.36. The van der Waals surface area contributed by atoms with Crippen LogP contribution >= 0.6 is 0 Å². The first-order chi connectivity index (χ1) is 9.52. The second-order valence-electron chi connectivity index (χ2n) is 5.60. The van der Waals surface area contributed by atoms with Gasteiger partial charge in [-0.25, -0.2) is 0 Å². The molecule has 1 fully saturated rings. The van der Waals surface area contributed by atoms with Crippen LogP contribution in [0.5, 0.6) is 0 Å². The van der Waals surface area contributed by atoms with Gasteiger partial charge in [-0.1, -0.05) is 0 Å². The van der Waals surface area contributed by atoms with E-state index in [0.717, 1.165) is 38.2 Å². The van der Waals surface area contributed by atoms with Gasteiger partial charge < -0.3 is 4.74 Å². The highest BCUT2D eigenvalue weighted by atomic mass is 16.5. The van der Waals surface area contributed by atoms with Gasteiger partial charge in [0.25, 0.3) is 0 Å². The van der Waals surface area contributed by atoms with Gasteiger partial charge >= 0.3 is 5.97 Å². The molecule has 0 bridgehead atoms. The number of hydrogen-bond acceptors (Lipinski definition) is 4. The lowest BCUT2D eigenvalue weighted by Crippen LogP contribution is -2.39. The summed E-state index contributed by atoms with van der Waals surface area (Å²) in [7, 11) is 1.98. The molecule has 1 aromatic rings. The molecule has 1 saturated heterocycles. The van der Waals surface area contributed by atoms with Gasteiger partial charge in [0.1, 0.15) is 0 Å². The van der Waals surface area contributed by atoms with Gasteiger partial charge in [0.15, 0.2) is 0 Å². The summed E-state index contributed by atoms with van der Waals surface area (Å²) in [4.78, 5) is 14.2. The second kappa shape index (κ2) is 6.39. The molecule has 0 aliphatic carbocycles. The van der Waals surface area contributed by atoms with E-state index in [4.69, 9.17) is 4.74 Å². The molecule has 0 aromatic carbocycles. The van der Waals surface area contributed by atoms with Gasteiger partial charge in [-0.05, 0) is 40.2 Å². The number of esters is 1. The number of ether oxygens (including phenoxy) is 1. The Labute approximate surface area is 120 Å². The summed E-state index contributed by atoms with van der Waals surface area (Å²) in [5.74, 6) is -0.0159. The first-order valence-electron chi connectivity index (χ1n) is 7.41. The number of likely N-dealkylation sites (tertiary alicyclic amines) is 1. The summed E-state index contributed by atoms with van der Waals surface area (Å²) in [5.41, 5.74) is 3.58. The van der Waals surface area contributed by atoms with Crippen LogP contribution in [0.25, 0.3) is 0 Å². The van der Waals surface area contributed by atoms with Crippen LogP contribution in [0.3, 0.4) is 0 Å². The molecule has 2 rings (SSSR count). The Kier molecular flexibility index (Phi) is 4.81. The molecule has 0 amide bonds. The van der Waals surface area contributed by atoms with Gasteiger partial charge in [-0.15, -0.1) is 0 Å². The number of carbonyl (C=O) groups excluding carboxylic acids is 1. The summed E-state index contributed by atoms with van der Waals surface area (Å²) < 4.78 is 7.08. The Morgan fingerprint density at radius 1 is 1.45 bits per heavy atom. The Balaban J connectivity index is 2.01. The monoisotopic (exact) mass is 279 g/mol. The zero-order chi connectivity index (χ0) is 14.7. The lowest BCUT2D eigenvalue weighted by Gasteiger charge is -2.31. The topological polar surface area (TPSA) is 47.4 Å². The largest absolute Gasteiger partial charge is 0.466 e. The first-order valence-corrected chi connectivity index (χ1v) is 7.41. The van der Waals surface area contributed by atoms with E-state index in [2.05, 4.69) is 23.8 Å². The molecule has 1 aromatic heterocycles. The number of piperidine rings is 1. The van der Waals surface area contributed by atoms with Crippen LogP contribution in [0.2, 0.25) is 0 Å². The second-order valence-corrected chi connectivity index (χ2v) is 5.60. The van der Waals surface area contributed by atoms with Crippen LogP contribution in [-0.4, -0.2) is 40.3 Å². The molecule has 0 spiro atoms. The number of aromatic nitrogens is 2. The maximum Gasteiger partial charge on any atom is 0.310 e. The van der Waals surface area contributed by atoms with Crippen molar-refractivity contribution < 1.29 is 9.53 Å². The summed E-state index contributed by atoms with van der Waals surface area (Å²) in [6.07, 6.45) is 2.00. The minimum absolute atomic E-state index is 0.0287. The first kappa shape index (κ1) is 15.0. The third-order valence-corrected chi connectivity index (χ3v) is 4.17. The maximum absolute atomic E-state index is 11.9. The van der Waals surface area contributed by atoms with Crippen molar-refractivity contribution in [2.75, 3.05) is 19.7 Å². The van der Waals surface area contributed by atoms with Crippen molar-refractivity contribution in [3.8, 4) is 0 Å². The van der Waals surface area contributed by atoms with E-state index >= 15 is 0 Å². The highest BCUT2D eigenvalue weighted by Crippen LogP contribution is 2.22. The highest BCUT2D eigenvalue weighted by Gasteiger charge is 2.27. The van der Waals surface area contributed by atoms with Crippen molar-refractivity contribution >= 4 is 5.97 Å². The molecule has 1 aliphatic rings. The predicted octanol–water partition coefficient (Wildman–Crippen LogP) is 1.81. The Morgan fingerprint density at radius 3 is 2.80 bits per heavy atom. The molecular formula is C15H25N3O2. The van der Waals surface area contributed by atoms with Gasteiger partial charge in [0, 0.05) is 31.4 Å². The predicted molar refractivity (Wildman–Crippen MR) is 77.3 cm³/mol. The van der Waals surface area contributed by atoms with Crippen LogP contribution in [-0.2, 0) is 23.1 Å². The highest BCUT2D eigenvalue weighted by molar-refractivity contribution is 5.72. The van der Waals surface area contributed by atoms with Crippen LogP contribution in [0.4, 0.5) is 0 Å². The number of rotatable bonds is 4. The van der Waals surface area contributed by atoms with E-state index in [-0.39, 0.29) is 11.9 Å². The minimum atomic E-state index is -0.0446. The average Bonchev–Trinajstić information content (AvgIpc) is 2.66. The summed E-state index contributed by atoms with van der Waals surface area (Å²) in [6, 6.07) is 0. The molecule has 20 heavy (non-hydrogen) atoms. The lowest BCUT2D eigenvalue weighted by molar-refractivity contribution is -0.150. The molecule has 1 atom stereocenters. The maximum atomic E-state index is 11.9. The van der Waals surface area contributed by atoms with Crippen LogP contribution in [0.1, 0.15) is 36.7 Å². The lowest BCUT2D eigenvalue weighted by atomic mass is 9.97. The molecule has 1 aliphatic heterocycles. The molecule has 0 radical (unpaired) electrons. The molecule has 0 N–H and O–H groups in total. The molecule has 0 unspecified atom stereocenters. The van der Waals surface area contributed by atoms with Crippen molar-refractivity contribution in [1.82, 2.24) is 14.7 Å². The van der Waals surface area contributed by atoms with E-state index in [0.29, 0.717) is 6.61 Å². The van der Waals surface area contributed by atoms with Gasteiger partial charge in [-0.3, -0.25) is 14.4 Å². The minimum Gasteiger partial charge on any atom is -0.466 e. The number of carbonyl (C=O) groups is 1. The molecule has 0 saturated carbocycles. The third kappa shape index (κ3) is 3.20. The van der Waals surface area contributed by atoms with E-state index in [9.17, 15) is 4.79 Å². The number of aryl methyl sites for hydroxylation is 2. The van der Waals surface area contributed by atoms with Gasteiger partial charge in [0.05, 0.1) is 18.2 Å². The molecule has 112 valence electrons. The normalized spacial score (nSPS) is 20.1. The van der Waals surface area contributed by atoms with Crippen LogP contribution in [0.15, 0.2) is 0 Å². The van der Waals surface area contributed by atoms with Crippen LogP contribution < -0.4 is 0 Å². The quantitative estimate of drug-likeness (QED) is 0.789. The number of hydrogen-bond donors (Lipinski definition) is 0. The molecular weight excluding hydrogens is 254 g/mol. The fourth-order valence-electron chi connectivity index (χ4n) is 2.92.